The number of hydrogen-bond acceptors (Lipinski definition) is 9. The smallest absolute Gasteiger partial charge is 0.319 e. The van der Waals surface area contributed by atoms with Gasteiger partial charge in [-0.05, 0) is 38.9 Å². The van der Waals surface area contributed by atoms with E-state index in [0.29, 0.717) is 47.7 Å². The molecule has 3 atom stereocenters. The summed E-state index contributed by atoms with van der Waals surface area (Å²) in [6.45, 7) is 4.43. The maximum Gasteiger partial charge on any atom is 0.319 e. The van der Waals surface area contributed by atoms with Crippen LogP contribution >= 0.6 is 11.3 Å². The largest absolute Gasteiger partial charge is 0.490 e. The quantitative estimate of drug-likeness (QED) is 0.359. The molecule has 4 heterocycles. The Balaban J connectivity index is 1.60. The second kappa shape index (κ2) is 9.67. The molecular formula is C28H27F3N6O2S. The zero-order chi connectivity index (χ0) is 28.5. The zero-order valence-electron chi connectivity index (χ0n) is 22.4. The number of likely N-dealkylation sites (N-methyl/N-ethyl adjacent to an activating group) is 2. The second-order valence-corrected chi connectivity index (χ2v) is 11.5. The normalized spacial score (nSPS) is 21.1. The van der Waals surface area contributed by atoms with Crippen molar-refractivity contribution in [3.05, 3.63) is 34.9 Å². The lowest BCUT2D eigenvalue weighted by atomic mass is 9.92. The Morgan fingerprint density at radius 1 is 1.25 bits per heavy atom. The van der Waals surface area contributed by atoms with Crippen molar-refractivity contribution >= 4 is 43.1 Å². The van der Waals surface area contributed by atoms with Crippen molar-refractivity contribution in [1.82, 2.24) is 14.9 Å². The van der Waals surface area contributed by atoms with Crippen LogP contribution in [-0.2, 0) is 0 Å². The number of nitrogens with zero attached hydrogens (tertiary/aromatic N) is 5. The molecule has 4 aromatic rings. The van der Waals surface area contributed by atoms with E-state index in [4.69, 9.17) is 15.2 Å². The number of nitriles is 1. The number of benzene rings is 2. The minimum atomic E-state index is -0.938. The number of fused-ring (bicyclic) bond motifs is 1. The van der Waals surface area contributed by atoms with E-state index >= 15 is 4.39 Å². The van der Waals surface area contributed by atoms with Crippen LogP contribution in [0.4, 0.5) is 24.0 Å². The molecule has 0 radical (unpaired) electrons. The fourth-order valence-electron chi connectivity index (χ4n) is 5.61. The highest BCUT2D eigenvalue weighted by molar-refractivity contribution is 7.23. The number of alkyl halides is 1. The Bertz CT molecular complexity index is 1720. The van der Waals surface area contributed by atoms with Crippen molar-refractivity contribution in [1.29, 1.82) is 5.26 Å². The Morgan fingerprint density at radius 3 is 2.73 bits per heavy atom. The number of rotatable bonds is 4. The van der Waals surface area contributed by atoms with Crippen molar-refractivity contribution in [2.24, 2.45) is 0 Å². The van der Waals surface area contributed by atoms with Crippen LogP contribution in [0.1, 0.15) is 24.5 Å². The van der Waals surface area contributed by atoms with E-state index < -0.39 is 17.8 Å². The van der Waals surface area contributed by atoms with Crippen LogP contribution < -0.4 is 20.1 Å². The lowest BCUT2D eigenvalue weighted by molar-refractivity contribution is 0.188. The predicted molar refractivity (Wildman–Crippen MR) is 149 cm³/mol. The molecule has 2 aromatic carbocycles. The van der Waals surface area contributed by atoms with Gasteiger partial charge in [0.05, 0.1) is 21.7 Å². The number of nitrogens with two attached hydrogens (primary N) is 1. The van der Waals surface area contributed by atoms with Gasteiger partial charge in [-0.25, -0.2) is 13.2 Å². The third-order valence-electron chi connectivity index (χ3n) is 7.94. The highest BCUT2D eigenvalue weighted by atomic mass is 32.1. The number of hydrogen-bond donors (Lipinski definition) is 1. The van der Waals surface area contributed by atoms with Crippen molar-refractivity contribution in [3.8, 4) is 29.0 Å². The average molecular weight is 569 g/mol. The van der Waals surface area contributed by atoms with Crippen LogP contribution in [-0.4, -0.2) is 67.0 Å². The van der Waals surface area contributed by atoms with E-state index in [1.807, 2.05) is 36.9 Å². The lowest BCUT2D eigenvalue weighted by Gasteiger charge is -2.24. The SMILES string of the molecule is Cc1c(-c2ccc(F)c3sc(N)c(C#N)c23)c(F)c2nc(OC[C@@H]3C[C@@H](F)CN3C)nc3c2c1OC[C@H](C)N3C. The zero-order valence-corrected chi connectivity index (χ0v) is 23.2. The number of halogens is 3. The van der Waals surface area contributed by atoms with Crippen LogP contribution in [0.2, 0.25) is 0 Å². The number of likely N-dealkylation sites (tertiary alicyclic amines) is 1. The summed E-state index contributed by atoms with van der Waals surface area (Å²) in [7, 11) is 3.66. The molecule has 2 N–H and O–H groups in total. The standard InChI is InChI=1S/C28H27F3N6O2S/c1-12-10-38-24-13(2)19(16-5-6-18(30)25-20(16)17(8-32)26(33)40-25)22(31)23-21(24)27(37(12)4)35-28(34-23)39-11-15-7-14(29)9-36(15)3/h5-6,12,14-15H,7,9-11,33H2,1-4H3/t12-,14+,15-/m0/s1. The van der Waals surface area contributed by atoms with E-state index in [0.717, 1.165) is 11.3 Å². The van der Waals surface area contributed by atoms with Gasteiger partial charge in [-0.15, -0.1) is 11.3 Å². The molecule has 0 amide bonds. The maximum absolute atomic E-state index is 16.7. The Kier molecular flexibility index (Phi) is 6.39. The third kappa shape index (κ3) is 3.98. The number of aromatic nitrogens is 2. The topological polar surface area (TPSA) is 101 Å². The molecule has 0 spiro atoms. The maximum atomic E-state index is 16.7. The first kappa shape index (κ1) is 26.4. The van der Waals surface area contributed by atoms with E-state index in [1.54, 1.807) is 6.92 Å². The molecular weight excluding hydrogens is 541 g/mol. The second-order valence-electron chi connectivity index (χ2n) is 10.5. The molecule has 2 aliphatic heterocycles. The summed E-state index contributed by atoms with van der Waals surface area (Å²) < 4.78 is 57.7. The third-order valence-corrected chi connectivity index (χ3v) is 8.97. The van der Waals surface area contributed by atoms with Gasteiger partial charge in [-0.1, -0.05) is 6.07 Å². The van der Waals surface area contributed by atoms with Crippen molar-refractivity contribution in [3.63, 3.8) is 0 Å². The van der Waals surface area contributed by atoms with Gasteiger partial charge in [0.2, 0.25) is 0 Å². The van der Waals surface area contributed by atoms with E-state index in [-0.39, 0.29) is 56.4 Å². The molecule has 0 aliphatic carbocycles. The summed E-state index contributed by atoms with van der Waals surface area (Å²) in [5.74, 6) is -0.384. The summed E-state index contributed by atoms with van der Waals surface area (Å²) in [6.07, 6.45) is -0.609. The first-order valence-corrected chi connectivity index (χ1v) is 13.7. The summed E-state index contributed by atoms with van der Waals surface area (Å²) in [5.41, 5.74) is 7.02. The van der Waals surface area contributed by atoms with Gasteiger partial charge in [-0.3, -0.25) is 4.90 Å². The summed E-state index contributed by atoms with van der Waals surface area (Å²) in [4.78, 5) is 12.9. The first-order valence-electron chi connectivity index (χ1n) is 12.9. The minimum Gasteiger partial charge on any atom is -0.490 e. The first-order chi connectivity index (χ1) is 19.1. The van der Waals surface area contributed by atoms with Gasteiger partial charge < -0.3 is 20.1 Å². The minimum absolute atomic E-state index is 0.0288. The van der Waals surface area contributed by atoms with Crippen LogP contribution in [0.15, 0.2) is 12.1 Å². The van der Waals surface area contributed by atoms with Crippen LogP contribution in [0.25, 0.3) is 32.1 Å². The van der Waals surface area contributed by atoms with E-state index in [2.05, 4.69) is 9.97 Å². The number of thiophene rings is 1. The molecule has 12 heteroatoms. The van der Waals surface area contributed by atoms with Crippen molar-refractivity contribution in [2.75, 3.05) is 44.5 Å². The molecule has 6 rings (SSSR count). The van der Waals surface area contributed by atoms with Crippen molar-refractivity contribution < 1.29 is 22.6 Å². The molecule has 2 aliphatic rings. The van der Waals surface area contributed by atoms with E-state index in [1.165, 1.54) is 12.1 Å². The van der Waals surface area contributed by atoms with Gasteiger partial charge >= 0.3 is 6.01 Å². The Labute approximate surface area is 232 Å². The molecule has 0 saturated carbocycles. The van der Waals surface area contributed by atoms with Crippen LogP contribution in [0, 0.1) is 29.9 Å². The summed E-state index contributed by atoms with van der Waals surface area (Å²) >= 11 is 0.947. The lowest BCUT2D eigenvalue weighted by Crippen LogP contribution is -2.33. The Hall–Kier alpha value is -3.82. The van der Waals surface area contributed by atoms with Gasteiger partial charge in [0.1, 0.15) is 53.4 Å². The highest BCUT2D eigenvalue weighted by Gasteiger charge is 2.33. The predicted octanol–water partition coefficient (Wildman–Crippen LogP) is 5.19. The van der Waals surface area contributed by atoms with Crippen LogP contribution in [0.3, 0.4) is 0 Å². The molecule has 0 bridgehead atoms. The fourth-order valence-corrected chi connectivity index (χ4v) is 6.56. The molecule has 8 nitrogen and oxygen atoms in total. The number of anilines is 2. The monoisotopic (exact) mass is 568 g/mol. The molecule has 2 aromatic heterocycles. The van der Waals surface area contributed by atoms with Gasteiger partial charge in [-0.2, -0.15) is 15.2 Å². The molecule has 1 fully saturated rings. The Morgan fingerprint density at radius 2 is 2.02 bits per heavy atom. The van der Waals surface area contributed by atoms with Gasteiger partial charge in [0, 0.05) is 36.1 Å². The van der Waals surface area contributed by atoms with Crippen LogP contribution in [0.5, 0.6) is 11.8 Å². The fraction of sp³-hybridized carbons (Fsp3) is 0.393. The molecule has 0 unspecified atom stereocenters. The number of nitrogen functional groups attached to an aromatic ring is 1. The molecule has 40 heavy (non-hydrogen) atoms. The summed E-state index contributed by atoms with van der Waals surface area (Å²) in [5, 5.41) is 10.6. The summed E-state index contributed by atoms with van der Waals surface area (Å²) in [6, 6.07) is 4.41. The average Bonchev–Trinajstić information content (AvgIpc) is 3.40. The number of ether oxygens (including phenoxy) is 2. The van der Waals surface area contributed by atoms with Gasteiger partial charge in [0.15, 0.2) is 5.82 Å². The molecule has 1 saturated heterocycles. The van der Waals surface area contributed by atoms with E-state index in [9.17, 15) is 14.0 Å². The van der Waals surface area contributed by atoms with Crippen molar-refractivity contribution in [2.45, 2.75) is 38.5 Å². The van der Waals surface area contributed by atoms with Gasteiger partial charge in [0.25, 0.3) is 0 Å². The highest BCUT2D eigenvalue weighted by Crippen LogP contribution is 2.48. The molecule has 208 valence electrons.